The Labute approximate surface area is 108 Å². The van der Waals surface area contributed by atoms with E-state index < -0.39 is 0 Å². The number of ether oxygens (including phenoxy) is 1. The highest BCUT2D eigenvalue weighted by molar-refractivity contribution is 5.83. The summed E-state index contributed by atoms with van der Waals surface area (Å²) in [6, 6.07) is 9.05. The lowest BCUT2D eigenvalue weighted by Crippen LogP contribution is -2.32. The third-order valence-corrected chi connectivity index (χ3v) is 3.68. The van der Waals surface area contributed by atoms with Gasteiger partial charge in [-0.2, -0.15) is 0 Å². The van der Waals surface area contributed by atoms with Gasteiger partial charge in [-0.25, -0.2) is 0 Å². The van der Waals surface area contributed by atoms with Gasteiger partial charge in [-0.15, -0.1) is 0 Å². The first-order valence-electron chi connectivity index (χ1n) is 6.81. The van der Waals surface area contributed by atoms with Crippen LogP contribution < -0.4 is 5.32 Å². The van der Waals surface area contributed by atoms with Crippen molar-refractivity contribution in [3.63, 3.8) is 0 Å². The maximum absolute atomic E-state index is 5.97. The molecule has 18 heavy (non-hydrogen) atoms. The lowest BCUT2D eigenvalue weighted by molar-refractivity contribution is 0.214. The molecule has 2 heterocycles. The highest BCUT2D eigenvalue weighted by Gasteiger charge is 2.28. The molecule has 3 nitrogen and oxygen atoms in total. The van der Waals surface area contributed by atoms with Crippen LogP contribution in [0.4, 0.5) is 0 Å². The van der Waals surface area contributed by atoms with Crippen molar-refractivity contribution in [3.05, 3.63) is 35.4 Å². The predicted molar refractivity (Wildman–Crippen MR) is 73.1 cm³/mol. The number of aliphatic imine (C=N–C) groups is 1. The van der Waals surface area contributed by atoms with Gasteiger partial charge in [0, 0.05) is 6.42 Å². The molecule has 2 aliphatic heterocycles. The molecule has 0 bridgehead atoms. The Morgan fingerprint density at radius 3 is 2.89 bits per heavy atom. The number of benzene rings is 1. The quantitative estimate of drug-likeness (QED) is 0.883. The normalized spacial score (nSPS) is 27.1. The van der Waals surface area contributed by atoms with Gasteiger partial charge in [0.15, 0.2) is 0 Å². The second kappa shape index (κ2) is 5.11. The predicted octanol–water partition coefficient (Wildman–Crippen LogP) is 2.09. The molecule has 96 valence electrons. The van der Waals surface area contributed by atoms with E-state index in [9.17, 15) is 0 Å². The summed E-state index contributed by atoms with van der Waals surface area (Å²) in [5, 5.41) is 3.43. The number of nitrogens with zero attached hydrogens (tertiary/aromatic N) is 1. The van der Waals surface area contributed by atoms with Crippen LogP contribution in [-0.4, -0.2) is 31.1 Å². The van der Waals surface area contributed by atoms with E-state index in [2.05, 4.69) is 41.5 Å². The fourth-order valence-corrected chi connectivity index (χ4v) is 2.62. The zero-order valence-corrected chi connectivity index (χ0v) is 10.9. The summed E-state index contributed by atoms with van der Waals surface area (Å²) in [5.74, 6) is 0.935. The second-order valence-corrected chi connectivity index (χ2v) is 5.26. The minimum absolute atomic E-state index is 0.227. The Balaban J connectivity index is 1.55. The highest BCUT2D eigenvalue weighted by Crippen LogP contribution is 2.17. The van der Waals surface area contributed by atoms with E-state index in [1.807, 2.05) is 0 Å². The van der Waals surface area contributed by atoms with E-state index in [1.54, 1.807) is 0 Å². The van der Waals surface area contributed by atoms with Crippen LogP contribution in [0.5, 0.6) is 0 Å². The summed E-state index contributed by atoms with van der Waals surface area (Å²) in [4.78, 5) is 4.54. The molecule has 3 rings (SSSR count). The molecule has 0 aromatic heterocycles. The number of aryl methyl sites for hydroxylation is 1. The van der Waals surface area contributed by atoms with Gasteiger partial charge in [-0.05, 0) is 31.9 Å². The van der Waals surface area contributed by atoms with E-state index in [0.29, 0.717) is 6.04 Å². The molecule has 1 N–H and O–H groups in total. The maximum Gasteiger partial charge on any atom is 0.201 e. The average Bonchev–Trinajstić information content (AvgIpc) is 3.02. The summed E-state index contributed by atoms with van der Waals surface area (Å²) in [6.07, 6.45) is 3.58. The number of nitrogens with one attached hydrogen (secondary N) is 1. The van der Waals surface area contributed by atoms with Crippen molar-refractivity contribution in [2.24, 2.45) is 4.99 Å². The SMILES string of the molecule is Cc1ccc(CC2CN=C(C3CCCN3)O2)cc1. The number of hydrogen-bond donors (Lipinski definition) is 1. The largest absolute Gasteiger partial charge is 0.474 e. The molecule has 2 unspecified atom stereocenters. The van der Waals surface area contributed by atoms with Gasteiger partial charge in [0.2, 0.25) is 5.90 Å². The van der Waals surface area contributed by atoms with E-state index in [1.165, 1.54) is 17.5 Å². The first-order chi connectivity index (χ1) is 8.81. The molecule has 0 saturated carbocycles. The van der Waals surface area contributed by atoms with Crippen LogP contribution in [0.1, 0.15) is 24.0 Å². The van der Waals surface area contributed by atoms with E-state index in [4.69, 9.17) is 4.74 Å². The first-order valence-corrected chi connectivity index (χ1v) is 6.81. The second-order valence-electron chi connectivity index (χ2n) is 5.26. The maximum atomic E-state index is 5.97. The minimum Gasteiger partial charge on any atom is -0.474 e. The lowest BCUT2D eigenvalue weighted by Gasteiger charge is -2.14. The van der Waals surface area contributed by atoms with Crippen molar-refractivity contribution in [2.75, 3.05) is 13.1 Å². The third kappa shape index (κ3) is 2.56. The van der Waals surface area contributed by atoms with E-state index in [-0.39, 0.29) is 6.10 Å². The van der Waals surface area contributed by atoms with Crippen LogP contribution in [0.2, 0.25) is 0 Å². The molecule has 0 radical (unpaired) electrons. The zero-order chi connectivity index (χ0) is 12.4. The van der Waals surface area contributed by atoms with Gasteiger partial charge in [0.25, 0.3) is 0 Å². The summed E-state index contributed by atoms with van der Waals surface area (Å²) < 4.78 is 5.97. The van der Waals surface area contributed by atoms with Crippen molar-refractivity contribution in [1.29, 1.82) is 0 Å². The lowest BCUT2D eigenvalue weighted by atomic mass is 10.1. The molecule has 2 aliphatic rings. The molecule has 0 aliphatic carbocycles. The van der Waals surface area contributed by atoms with Crippen LogP contribution >= 0.6 is 0 Å². The Morgan fingerprint density at radius 1 is 1.33 bits per heavy atom. The van der Waals surface area contributed by atoms with Crippen molar-refractivity contribution < 1.29 is 4.74 Å². The summed E-state index contributed by atoms with van der Waals surface area (Å²) in [7, 11) is 0. The Kier molecular flexibility index (Phi) is 3.33. The first kappa shape index (κ1) is 11.7. The van der Waals surface area contributed by atoms with Crippen LogP contribution in [0.15, 0.2) is 29.3 Å². The van der Waals surface area contributed by atoms with Gasteiger partial charge in [0.1, 0.15) is 6.10 Å². The third-order valence-electron chi connectivity index (χ3n) is 3.68. The summed E-state index contributed by atoms with van der Waals surface area (Å²) in [6.45, 7) is 4.01. The van der Waals surface area contributed by atoms with E-state index >= 15 is 0 Å². The Morgan fingerprint density at radius 2 is 2.17 bits per heavy atom. The molecule has 0 amide bonds. The van der Waals surface area contributed by atoms with Gasteiger partial charge >= 0.3 is 0 Å². The molecule has 1 aromatic rings. The smallest absolute Gasteiger partial charge is 0.201 e. The molecule has 0 spiro atoms. The Bertz CT molecular complexity index is 432. The van der Waals surface area contributed by atoms with Crippen LogP contribution in [0, 0.1) is 6.92 Å². The van der Waals surface area contributed by atoms with Gasteiger partial charge in [-0.3, -0.25) is 4.99 Å². The van der Waals surface area contributed by atoms with Crippen LogP contribution in [-0.2, 0) is 11.2 Å². The monoisotopic (exact) mass is 244 g/mol. The molecule has 1 saturated heterocycles. The standard InChI is InChI=1S/C15H20N2O/c1-11-4-6-12(7-5-11)9-13-10-17-15(18-13)14-3-2-8-16-14/h4-7,13-14,16H,2-3,8-10H2,1H3. The summed E-state index contributed by atoms with van der Waals surface area (Å²) in [5.41, 5.74) is 2.64. The molecule has 1 aromatic carbocycles. The molecule has 3 heteroatoms. The highest BCUT2D eigenvalue weighted by atomic mass is 16.5. The minimum atomic E-state index is 0.227. The average molecular weight is 244 g/mol. The summed E-state index contributed by atoms with van der Waals surface area (Å²) >= 11 is 0. The molecule has 2 atom stereocenters. The fourth-order valence-electron chi connectivity index (χ4n) is 2.62. The van der Waals surface area contributed by atoms with Gasteiger partial charge in [0.05, 0.1) is 12.6 Å². The van der Waals surface area contributed by atoms with Crippen molar-refractivity contribution >= 4 is 5.90 Å². The number of rotatable bonds is 3. The van der Waals surface area contributed by atoms with Crippen molar-refractivity contribution in [3.8, 4) is 0 Å². The molecular weight excluding hydrogens is 224 g/mol. The number of hydrogen-bond acceptors (Lipinski definition) is 3. The molecular formula is C15H20N2O. The van der Waals surface area contributed by atoms with Gasteiger partial charge < -0.3 is 10.1 Å². The zero-order valence-electron chi connectivity index (χ0n) is 10.9. The van der Waals surface area contributed by atoms with Crippen molar-refractivity contribution in [1.82, 2.24) is 5.32 Å². The van der Waals surface area contributed by atoms with Crippen LogP contribution in [0.3, 0.4) is 0 Å². The molecule has 1 fully saturated rings. The van der Waals surface area contributed by atoms with Crippen molar-refractivity contribution in [2.45, 2.75) is 38.3 Å². The Hall–Kier alpha value is -1.35. The van der Waals surface area contributed by atoms with Crippen LogP contribution in [0.25, 0.3) is 0 Å². The topological polar surface area (TPSA) is 33.6 Å². The van der Waals surface area contributed by atoms with E-state index in [0.717, 1.165) is 31.8 Å². The van der Waals surface area contributed by atoms with Gasteiger partial charge in [-0.1, -0.05) is 29.8 Å². The fraction of sp³-hybridized carbons (Fsp3) is 0.533.